The van der Waals surface area contributed by atoms with Crippen LogP contribution < -0.4 is 36.9 Å². The van der Waals surface area contributed by atoms with E-state index in [1.165, 1.54) is 0 Å². The van der Waals surface area contributed by atoms with Crippen LogP contribution in [0.15, 0.2) is 0 Å². The van der Waals surface area contributed by atoms with Gasteiger partial charge in [-0.2, -0.15) is 0 Å². The summed E-state index contributed by atoms with van der Waals surface area (Å²) in [5.41, 5.74) is 0. The molecule has 0 spiro atoms. The molecule has 0 aliphatic rings. The molecule has 124 valence electrons. The maximum Gasteiger partial charge on any atom is 2.00 e. The van der Waals surface area contributed by atoms with E-state index in [1.807, 2.05) is 0 Å². The maximum atomic E-state index is 8.58. The van der Waals surface area contributed by atoms with E-state index in [4.69, 9.17) is 53.5 Å². The molecule has 4 radical (unpaired) electrons. The second-order valence-corrected chi connectivity index (χ2v) is 5.15. The van der Waals surface area contributed by atoms with Gasteiger partial charge in [0.05, 0.1) is 0 Å². The zero-order chi connectivity index (χ0) is 17.9. The van der Waals surface area contributed by atoms with Crippen LogP contribution in [0.2, 0.25) is 0 Å². The molecule has 0 unspecified atom stereocenters. The largest absolute Gasteiger partial charge is 2.00 e. The summed E-state index contributed by atoms with van der Waals surface area (Å²) < 4.78 is 129. The third kappa shape index (κ3) is 520. The molecule has 0 aromatic rings. The van der Waals surface area contributed by atoms with E-state index in [2.05, 4.69) is 0 Å². The van der Waals surface area contributed by atoms with Crippen LogP contribution in [0.3, 0.4) is 0 Å². The number of hydrogen-bond donors (Lipinski definition) is 0. The molecule has 24 heavy (non-hydrogen) atoms. The van der Waals surface area contributed by atoms with E-state index in [-0.39, 0.29) is 126 Å². The van der Waals surface area contributed by atoms with Crippen molar-refractivity contribution in [1.29, 1.82) is 0 Å². The van der Waals surface area contributed by atoms with Crippen molar-refractivity contribution in [2.24, 2.45) is 0 Å². The first kappa shape index (κ1) is 57.4. The van der Waals surface area contributed by atoms with Crippen molar-refractivity contribution in [3.8, 4) is 0 Å². The van der Waals surface area contributed by atoms with Crippen molar-refractivity contribution < 1.29 is 218 Å². The first-order valence-electron chi connectivity index (χ1n) is 3.06. The van der Waals surface area contributed by atoms with E-state index in [0.717, 1.165) is 0 Å². The molecule has 0 heterocycles. The van der Waals surface area contributed by atoms with Crippen molar-refractivity contribution >= 4 is 54.6 Å². The van der Waals surface area contributed by atoms with Gasteiger partial charge in [0.2, 0.25) is 0 Å². The van der Waals surface area contributed by atoms with E-state index in [1.54, 1.807) is 0 Å². The van der Waals surface area contributed by atoms with Gasteiger partial charge in [-0.3, -0.25) is 0 Å². The normalized spacial score (nSPS) is 5.42. The summed E-state index contributed by atoms with van der Waals surface area (Å²) in [5.74, 6) is 0. The number of rotatable bonds is 0. The first-order chi connectivity index (χ1) is 8.66. The smallest absolute Gasteiger partial charge is 2.00 e. The molecule has 0 aliphatic heterocycles. The summed E-state index contributed by atoms with van der Waals surface area (Å²) in [6, 6.07) is 0. The monoisotopic (exact) mass is 1170 g/mol. The van der Waals surface area contributed by atoms with Gasteiger partial charge in [0.25, 0.3) is 0 Å². The fourth-order valence-electron chi connectivity index (χ4n) is 0. The molecular weight excluding hydrogens is 1170 g/mol. The van der Waals surface area contributed by atoms with Crippen molar-refractivity contribution in [3.05, 3.63) is 0 Å². The molecule has 24 heteroatoms. The summed E-state index contributed by atoms with van der Waals surface area (Å²) in [6.07, 6.45) is 0. The Balaban J connectivity index is -0.0000000161. The zero-order valence-electron chi connectivity index (χ0n) is 10.8. The third-order valence-corrected chi connectivity index (χ3v) is 0. The van der Waals surface area contributed by atoms with Gasteiger partial charge in [-0.15, -0.1) is 0 Å². The van der Waals surface area contributed by atoms with Gasteiger partial charge in [-0.25, -0.2) is 0 Å². The Morgan fingerprint density at radius 1 is 0.333 bits per heavy atom. The van der Waals surface area contributed by atoms with Crippen LogP contribution in [0.25, 0.3) is 0 Å². The van der Waals surface area contributed by atoms with E-state index in [0.29, 0.717) is 0 Å². The first-order valence-corrected chi connectivity index (χ1v) is 12.6. The molecule has 0 bridgehead atoms. The minimum Gasteiger partial charge on any atom is 2.00 e. The molecule has 0 N–H and O–H groups in total. The van der Waals surface area contributed by atoms with Gasteiger partial charge in [0.1, 0.15) is 0 Å². The van der Waals surface area contributed by atoms with Gasteiger partial charge in [-0.05, 0) is 0 Å². The van der Waals surface area contributed by atoms with Gasteiger partial charge < -0.3 is 0 Å². The van der Waals surface area contributed by atoms with E-state index in [9.17, 15) is 0 Å². The minimum absolute atomic E-state index is 0. The fourth-order valence-corrected chi connectivity index (χ4v) is 0. The number of hydrogen-bond acceptors (Lipinski definition) is 15. The fraction of sp³-hybridized carbons (Fsp3) is 0. The van der Waals surface area contributed by atoms with Crippen LogP contribution in [-0.4, -0.2) is 54.6 Å². The Morgan fingerprint density at radius 3 is 0.333 bits per heavy atom. The Morgan fingerprint density at radius 2 is 0.333 bits per heavy atom. The van der Waals surface area contributed by atoms with Crippen molar-refractivity contribution in [1.82, 2.24) is 0 Å². The quantitative estimate of drug-likeness (QED) is 0.204. The predicted molar refractivity (Wildman–Crippen MR) is 14.9 cm³/mol. The van der Waals surface area contributed by atoms with E-state index >= 15 is 0 Å². The minimum atomic E-state index is -4.08. The van der Waals surface area contributed by atoms with Crippen LogP contribution in [-0.2, 0) is 110 Å². The van der Waals surface area contributed by atoms with Crippen molar-refractivity contribution in [2.45, 2.75) is 0 Å². The predicted octanol–water partition coefficient (Wildman–Crippen LogP) is -13.3. The average molecular weight is 1170 g/mol. The second kappa shape index (κ2) is 51.8. The zero-order valence-corrected chi connectivity index (χ0v) is 33.6. The molecule has 0 saturated heterocycles. The summed E-state index contributed by atoms with van der Waals surface area (Å²) >= 11 is -20.4. The van der Waals surface area contributed by atoms with E-state index < -0.39 is 93.1 Å². The molecule has 0 fully saturated rings. The third-order valence-electron chi connectivity index (χ3n) is 0. The van der Waals surface area contributed by atoms with Gasteiger partial charge in [-0.1, -0.05) is 0 Å². The molecule has 0 aromatic heterocycles. The van der Waals surface area contributed by atoms with Crippen LogP contribution in [0.1, 0.15) is 0 Å². The standard InChI is InChI=1S/2La.15O.2Pb.5Ti/q2*+3;;;;;;10*-1;2*+2;;;;;. The van der Waals surface area contributed by atoms with Crippen LogP contribution in [0.4, 0.5) is 0 Å². The molecule has 15 nitrogen and oxygen atoms in total. The molecule has 0 amide bonds. The summed E-state index contributed by atoms with van der Waals surface area (Å²) in [4.78, 5) is 0. The van der Waals surface area contributed by atoms with Gasteiger partial charge in [0, 0.05) is 0 Å². The molecule has 0 atom stereocenters. The van der Waals surface area contributed by atoms with Gasteiger partial charge in [0.15, 0.2) is 0 Å². The SMILES string of the molecule is [La+3].[La+3].[O]=[Ti]([O-])[O-].[O]=[Ti]([O-])[O-].[O]=[Ti]([O-])[O-].[O]=[Ti]([O-])[O-].[O]=[Ti]([O-])[O-].[Pb+2].[Pb+2]. The Hall–Kier alpha value is 6.41. The van der Waals surface area contributed by atoms with Crippen LogP contribution in [0.5, 0.6) is 0 Å². The van der Waals surface area contributed by atoms with Crippen LogP contribution in [0, 0.1) is 71.2 Å². The molecule has 0 saturated carbocycles. The van der Waals surface area contributed by atoms with Crippen molar-refractivity contribution in [2.75, 3.05) is 0 Å². The molecule has 0 aliphatic carbocycles. The Labute approximate surface area is 265 Å². The summed E-state index contributed by atoms with van der Waals surface area (Å²) in [6.45, 7) is 0. The summed E-state index contributed by atoms with van der Waals surface area (Å²) in [7, 11) is 0. The topological polar surface area (TPSA) is 316 Å². The average Bonchev–Trinajstić information content (AvgIpc) is 1.94. The van der Waals surface area contributed by atoms with Gasteiger partial charge >= 0.3 is 272 Å². The molecule has 0 aromatic carbocycles. The maximum absolute atomic E-state index is 8.58. The van der Waals surface area contributed by atoms with Crippen LogP contribution >= 0.6 is 0 Å². The molecular formula is La2O15Pb2Ti5. The molecule has 0 rings (SSSR count). The Kier molecular flexibility index (Phi) is 124. The second-order valence-electron chi connectivity index (χ2n) is 1.25. The summed E-state index contributed by atoms with van der Waals surface area (Å²) in [5, 5.41) is 0. The Bertz CT molecular complexity index is 221. The van der Waals surface area contributed by atoms with Crippen molar-refractivity contribution in [3.63, 3.8) is 0 Å².